The summed E-state index contributed by atoms with van der Waals surface area (Å²) in [4.78, 5) is 0. The Kier molecular flexibility index (Phi) is 5.20. The van der Waals surface area contributed by atoms with Crippen LogP contribution in [0.2, 0.25) is 5.02 Å². The highest BCUT2D eigenvalue weighted by Crippen LogP contribution is 2.24. The molecule has 104 valence electrons. The predicted octanol–water partition coefficient (Wildman–Crippen LogP) is 2.58. The van der Waals surface area contributed by atoms with Crippen molar-refractivity contribution >= 4 is 11.6 Å². The van der Waals surface area contributed by atoms with Gasteiger partial charge in [0.25, 0.3) is 0 Å². The molecule has 0 aliphatic carbocycles. The monoisotopic (exact) mass is 274 g/mol. The van der Waals surface area contributed by atoms with Crippen LogP contribution in [0.3, 0.4) is 0 Å². The highest BCUT2D eigenvalue weighted by molar-refractivity contribution is 6.31. The number of halogens is 1. The number of nitrogens with zero attached hydrogens (tertiary/aromatic N) is 2. The number of aryl methyl sites for hydroxylation is 2. The fourth-order valence-corrected chi connectivity index (χ4v) is 2.22. The van der Waals surface area contributed by atoms with Gasteiger partial charge in [-0.1, -0.05) is 11.6 Å². The van der Waals surface area contributed by atoms with Crippen molar-refractivity contribution in [2.75, 3.05) is 7.11 Å². The smallest absolute Gasteiger partial charge is 0.0848 e. The summed E-state index contributed by atoms with van der Waals surface area (Å²) in [5, 5.41) is 15.1. The minimum absolute atomic E-state index is 0.335. The van der Waals surface area contributed by atoms with Gasteiger partial charge in [-0.15, -0.1) is 0 Å². The number of aromatic nitrogens is 2. The summed E-state index contributed by atoms with van der Waals surface area (Å²) in [6.07, 6.45) is 0.576. The van der Waals surface area contributed by atoms with Crippen molar-refractivity contribution in [3.05, 3.63) is 16.4 Å². The summed E-state index contributed by atoms with van der Waals surface area (Å²) in [5.74, 6) is 0. The molecule has 18 heavy (non-hydrogen) atoms. The lowest BCUT2D eigenvalue weighted by Gasteiger charge is -2.26. The maximum absolute atomic E-state index is 10.1. The van der Waals surface area contributed by atoms with E-state index in [2.05, 4.69) is 5.10 Å². The van der Waals surface area contributed by atoms with Crippen LogP contribution in [0.1, 0.15) is 38.6 Å². The molecule has 0 spiro atoms. The van der Waals surface area contributed by atoms with E-state index < -0.39 is 6.10 Å². The quantitative estimate of drug-likeness (QED) is 0.867. The van der Waals surface area contributed by atoms with Gasteiger partial charge in [-0.2, -0.15) is 5.10 Å². The van der Waals surface area contributed by atoms with Gasteiger partial charge < -0.3 is 9.84 Å². The van der Waals surface area contributed by atoms with Crippen molar-refractivity contribution in [3.8, 4) is 0 Å². The Morgan fingerprint density at radius 3 is 2.61 bits per heavy atom. The first-order chi connectivity index (χ1) is 8.30. The molecular formula is C13H23ClN2O2. The molecule has 0 aliphatic heterocycles. The van der Waals surface area contributed by atoms with E-state index in [4.69, 9.17) is 16.3 Å². The van der Waals surface area contributed by atoms with Gasteiger partial charge in [0.1, 0.15) is 0 Å². The molecule has 1 N–H and O–H groups in total. The first-order valence-electron chi connectivity index (χ1n) is 6.25. The number of aliphatic hydroxyl groups excluding tert-OH is 1. The van der Waals surface area contributed by atoms with E-state index in [1.807, 2.05) is 32.4 Å². The molecule has 1 heterocycles. The number of methoxy groups -OCH3 is 1. The fraction of sp³-hybridized carbons (Fsp3) is 0.769. The van der Waals surface area contributed by atoms with Gasteiger partial charge in [0, 0.05) is 26.5 Å². The lowest BCUT2D eigenvalue weighted by atomic mass is 9.98. The normalized spacial score (nSPS) is 13.9. The van der Waals surface area contributed by atoms with Gasteiger partial charge in [-0.05, 0) is 27.7 Å². The van der Waals surface area contributed by atoms with Crippen LogP contribution in [0.15, 0.2) is 0 Å². The van der Waals surface area contributed by atoms with Crippen LogP contribution in [0.25, 0.3) is 0 Å². The second kappa shape index (κ2) is 6.04. The van der Waals surface area contributed by atoms with E-state index in [0.717, 1.165) is 17.9 Å². The van der Waals surface area contributed by atoms with E-state index >= 15 is 0 Å². The van der Waals surface area contributed by atoms with Gasteiger partial charge >= 0.3 is 0 Å². The Hall–Kier alpha value is -0.580. The SMILES string of the molecule is CCn1nc(C)c(Cl)c1CC(O)CC(C)(C)OC. The van der Waals surface area contributed by atoms with E-state index in [0.29, 0.717) is 17.9 Å². The largest absolute Gasteiger partial charge is 0.393 e. The standard InChI is InChI=1S/C13H23ClN2O2/c1-6-16-11(12(14)9(2)15-16)7-10(17)8-13(3,4)18-5/h10,17H,6-8H2,1-5H3. The van der Waals surface area contributed by atoms with Gasteiger partial charge in [0.15, 0.2) is 0 Å². The van der Waals surface area contributed by atoms with Crippen LogP contribution in [0.4, 0.5) is 0 Å². The molecule has 0 aromatic carbocycles. The lowest BCUT2D eigenvalue weighted by Crippen LogP contribution is -2.30. The lowest BCUT2D eigenvalue weighted by molar-refractivity contribution is -0.0194. The van der Waals surface area contributed by atoms with Gasteiger partial charge in [0.2, 0.25) is 0 Å². The summed E-state index contributed by atoms with van der Waals surface area (Å²) in [7, 11) is 1.65. The Morgan fingerprint density at radius 1 is 1.50 bits per heavy atom. The average Bonchev–Trinajstić information content (AvgIpc) is 2.56. The summed E-state index contributed by atoms with van der Waals surface area (Å²) < 4.78 is 7.17. The van der Waals surface area contributed by atoms with Crippen LogP contribution in [-0.4, -0.2) is 33.7 Å². The maximum Gasteiger partial charge on any atom is 0.0848 e. The minimum Gasteiger partial charge on any atom is -0.393 e. The van der Waals surface area contributed by atoms with E-state index in [-0.39, 0.29) is 5.60 Å². The molecule has 0 amide bonds. The van der Waals surface area contributed by atoms with E-state index in [9.17, 15) is 5.11 Å². The second-order valence-corrected chi connectivity index (χ2v) is 5.57. The van der Waals surface area contributed by atoms with Crippen LogP contribution >= 0.6 is 11.6 Å². The molecule has 1 rings (SSSR count). The first-order valence-corrected chi connectivity index (χ1v) is 6.63. The minimum atomic E-state index is -0.487. The molecule has 0 aliphatic rings. The first kappa shape index (κ1) is 15.5. The predicted molar refractivity (Wildman–Crippen MR) is 73.1 cm³/mol. The summed E-state index contributed by atoms with van der Waals surface area (Å²) >= 11 is 6.22. The zero-order valence-corrected chi connectivity index (χ0v) is 12.6. The van der Waals surface area contributed by atoms with E-state index in [1.165, 1.54) is 0 Å². The third-order valence-electron chi connectivity index (χ3n) is 3.16. The molecule has 1 unspecified atom stereocenters. The molecule has 4 nitrogen and oxygen atoms in total. The third kappa shape index (κ3) is 3.70. The Balaban J connectivity index is 2.78. The highest BCUT2D eigenvalue weighted by Gasteiger charge is 2.24. The molecule has 0 radical (unpaired) electrons. The summed E-state index contributed by atoms with van der Waals surface area (Å²) in [5.41, 5.74) is 1.38. The van der Waals surface area contributed by atoms with Crippen molar-refractivity contribution in [2.24, 2.45) is 0 Å². The van der Waals surface area contributed by atoms with Crippen molar-refractivity contribution in [2.45, 2.75) is 58.8 Å². The number of rotatable bonds is 6. The van der Waals surface area contributed by atoms with Gasteiger partial charge in [0.05, 0.1) is 28.1 Å². The highest BCUT2D eigenvalue weighted by atomic mass is 35.5. The molecule has 0 fully saturated rings. The third-order valence-corrected chi connectivity index (χ3v) is 3.65. The number of ether oxygens (including phenoxy) is 1. The Morgan fingerprint density at radius 2 is 2.11 bits per heavy atom. The van der Waals surface area contributed by atoms with Crippen molar-refractivity contribution in [1.29, 1.82) is 0 Å². The Labute approximate surface area is 114 Å². The van der Waals surface area contributed by atoms with Crippen LogP contribution in [-0.2, 0) is 17.7 Å². The van der Waals surface area contributed by atoms with Crippen LogP contribution < -0.4 is 0 Å². The van der Waals surface area contributed by atoms with Gasteiger partial charge in [-0.25, -0.2) is 0 Å². The molecule has 0 saturated carbocycles. The van der Waals surface area contributed by atoms with Crippen molar-refractivity contribution in [3.63, 3.8) is 0 Å². The summed E-state index contributed by atoms with van der Waals surface area (Å²) in [6, 6.07) is 0. The molecule has 1 aromatic rings. The molecule has 5 heteroatoms. The number of hydrogen-bond acceptors (Lipinski definition) is 3. The van der Waals surface area contributed by atoms with Crippen LogP contribution in [0.5, 0.6) is 0 Å². The number of hydrogen-bond donors (Lipinski definition) is 1. The Bertz CT molecular complexity index is 402. The topological polar surface area (TPSA) is 47.3 Å². The molecule has 0 bridgehead atoms. The number of aliphatic hydroxyl groups is 1. The van der Waals surface area contributed by atoms with Crippen molar-refractivity contribution in [1.82, 2.24) is 9.78 Å². The van der Waals surface area contributed by atoms with E-state index in [1.54, 1.807) is 7.11 Å². The molecule has 1 atom stereocenters. The van der Waals surface area contributed by atoms with Crippen LogP contribution in [0, 0.1) is 6.92 Å². The maximum atomic E-state index is 10.1. The fourth-order valence-electron chi connectivity index (χ4n) is 2.01. The molecule has 0 saturated heterocycles. The van der Waals surface area contributed by atoms with Gasteiger partial charge in [-0.3, -0.25) is 4.68 Å². The zero-order valence-electron chi connectivity index (χ0n) is 11.8. The average molecular weight is 275 g/mol. The molecule has 1 aromatic heterocycles. The zero-order chi connectivity index (χ0) is 13.9. The molecular weight excluding hydrogens is 252 g/mol. The second-order valence-electron chi connectivity index (χ2n) is 5.19. The summed E-state index contributed by atoms with van der Waals surface area (Å²) in [6.45, 7) is 8.56. The van der Waals surface area contributed by atoms with Crippen molar-refractivity contribution < 1.29 is 9.84 Å².